The lowest BCUT2D eigenvalue weighted by molar-refractivity contribution is -0.301. The highest BCUT2D eigenvalue weighted by molar-refractivity contribution is 5.74. The number of hydrogen-bond donors (Lipinski definition) is 3. The summed E-state index contributed by atoms with van der Waals surface area (Å²) in [5, 5.41) is 31.5. The monoisotopic (exact) mass is 1080 g/mol. The molecule has 0 spiro atoms. The molecule has 0 aromatic rings. The Morgan fingerprint density at radius 2 is 0.831 bits per heavy atom. The standard InChI is InChI=1S/C65H108O12/c1-4-7-10-13-16-19-22-24-26-28-29-31-32-34-37-39-42-45-48-51-57(66)73-54-56(75-58(67)52-49-46-43-41-38-35-33-30-27-25-23-20-17-14-11-8-5-2)55-74-65-63(61(70)60(69)62(77-65)64(71)72)76-59(68)53-50-47-44-40-36-21-18-15-12-9-6-3/h8,11,15-20,24-27,33,35,56,60-63,65,69-70H,4-7,9-10,12-14,21-23,28-32,34,36-55H2,1-3H3,(H,71,72)/b11-8-,18-15-,19-16-,20-17-,26-24-,27-25-,35-33-. The second kappa shape index (κ2) is 52.6. The van der Waals surface area contributed by atoms with Crippen molar-refractivity contribution in [2.45, 2.75) is 289 Å². The first kappa shape index (κ1) is 70.9. The van der Waals surface area contributed by atoms with Crippen molar-refractivity contribution in [2.24, 2.45) is 0 Å². The molecule has 3 N–H and O–H groups in total. The van der Waals surface area contributed by atoms with E-state index in [2.05, 4.69) is 106 Å². The van der Waals surface area contributed by atoms with Gasteiger partial charge in [0.25, 0.3) is 0 Å². The van der Waals surface area contributed by atoms with Crippen molar-refractivity contribution >= 4 is 23.9 Å². The van der Waals surface area contributed by atoms with Crippen molar-refractivity contribution in [3.05, 3.63) is 85.1 Å². The number of carboxylic acids is 1. The number of carboxylic acid groups (broad SMARTS) is 1. The van der Waals surface area contributed by atoms with Gasteiger partial charge in [-0.25, -0.2) is 4.79 Å². The molecule has 0 saturated carbocycles. The second-order valence-corrected chi connectivity index (χ2v) is 20.6. The zero-order valence-corrected chi connectivity index (χ0v) is 48.4. The maximum absolute atomic E-state index is 13.2. The summed E-state index contributed by atoms with van der Waals surface area (Å²) in [6.45, 7) is 5.79. The number of rotatable bonds is 51. The minimum absolute atomic E-state index is 0.0438. The van der Waals surface area contributed by atoms with E-state index in [1.807, 2.05) is 0 Å². The van der Waals surface area contributed by atoms with Crippen molar-refractivity contribution in [2.75, 3.05) is 13.2 Å². The van der Waals surface area contributed by atoms with Gasteiger partial charge in [0, 0.05) is 19.3 Å². The number of aliphatic hydroxyl groups excluding tert-OH is 2. The van der Waals surface area contributed by atoms with Crippen LogP contribution in [0.15, 0.2) is 85.1 Å². The molecule has 0 radical (unpaired) electrons. The number of ether oxygens (including phenoxy) is 5. The molecular formula is C65H108O12. The third-order valence-electron chi connectivity index (χ3n) is 13.4. The fraction of sp³-hybridized carbons (Fsp3) is 0.723. The molecule has 1 aliphatic rings. The highest BCUT2D eigenvalue weighted by Gasteiger charge is 2.50. The first-order chi connectivity index (χ1) is 37.6. The van der Waals surface area contributed by atoms with Gasteiger partial charge in [-0.1, -0.05) is 209 Å². The van der Waals surface area contributed by atoms with E-state index in [-0.39, 0.29) is 25.9 Å². The normalized spacial score (nSPS) is 18.6. The van der Waals surface area contributed by atoms with Gasteiger partial charge in [0.1, 0.15) is 18.8 Å². The van der Waals surface area contributed by atoms with Crippen LogP contribution in [0.1, 0.15) is 252 Å². The average molecular weight is 1080 g/mol. The van der Waals surface area contributed by atoms with Crippen molar-refractivity contribution < 1.29 is 58.2 Å². The van der Waals surface area contributed by atoms with Crippen LogP contribution in [0.5, 0.6) is 0 Å². The average Bonchev–Trinajstić information content (AvgIpc) is 3.42. The van der Waals surface area contributed by atoms with Gasteiger partial charge in [0.2, 0.25) is 0 Å². The minimum atomic E-state index is -1.91. The van der Waals surface area contributed by atoms with Crippen molar-refractivity contribution in [1.82, 2.24) is 0 Å². The summed E-state index contributed by atoms with van der Waals surface area (Å²) in [5.41, 5.74) is 0. The molecule has 1 rings (SSSR count). The number of aliphatic hydroxyl groups is 2. The molecule has 0 aromatic carbocycles. The first-order valence-corrected chi connectivity index (χ1v) is 30.6. The Kier molecular flexibility index (Phi) is 48.4. The highest BCUT2D eigenvalue weighted by Crippen LogP contribution is 2.26. The van der Waals surface area contributed by atoms with Gasteiger partial charge in [-0.3, -0.25) is 14.4 Å². The highest BCUT2D eigenvalue weighted by atomic mass is 16.7. The molecule has 0 bridgehead atoms. The van der Waals surface area contributed by atoms with Crippen LogP contribution in [0, 0.1) is 0 Å². The summed E-state index contributed by atoms with van der Waals surface area (Å²) in [7, 11) is 0. The molecule has 6 unspecified atom stereocenters. The number of unbranched alkanes of at least 4 members (excludes halogenated alkanes) is 23. The van der Waals surface area contributed by atoms with Crippen LogP contribution in [-0.4, -0.2) is 89.2 Å². The molecule has 440 valence electrons. The van der Waals surface area contributed by atoms with Crippen LogP contribution < -0.4 is 0 Å². The van der Waals surface area contributed by atoms with Gasteiger partial charge >= 0.3 is 23.9 Å². The molecule has 0 amide bonds. The largest absolute Gasteiger partial charge is 0.479 e. The summed E-state index contributed by atoms with van der Waals surface area (Å²) >= 11 is 0. The lowest BCUT2D eigenvalue weighted by Crippen LogP contribution is -2.61. The number of hydrogen-bond acceptors (Lipinski definition) is 11. The molecule has 77 heavy (non-hydrogen) atoms. The van der Waals surface area contributed by atoms with Crippen LogP contribution in [0.3, 0.4) is 0 Å². The van der Waals surface area contributed by atoms with E-state index in [1.54, 1.807) is 0 Å². The predicted molar refractivity (Wildman–Crippen MR) is 312 cm³/mol. The van der Waals surface area contributed by atoms with E-state index >= 15 is 0 Å². The molecule has 1 aliphatic heterocycles. The van der Waals surface area contributed by atoms with E-state index < -0.39 is 67.3 Å². The molecule has 1 saturated heterocycles. The third kappa shape index (κ3) is 42.5. The second-order valence-electron chi connectivity index (χ2n) is 20.6. The Morgan fingerprint density at radius 1 is 0.442 bits per heavy atom. The Morgan fingerprint density at radius 3 is 1.30 bits per heavy atom. The fourth-order valence-corrected chi connectivity index (χ4v) is 8.72. The topological polar surface area (TPSA) is 175 Å². The van der Waals surface area contributed by atoms with E-state index in [0.717, 1.165) is 122 Å². The zero-order chi connectivity index (χ0) is 56.1. The smallest absolute Gasteiger partial charge is 0.335 e. The SMILES string of the molecule is CC/C=C\C/C=C\C/C=C\C/C=C\CCCCCCC(=O)OC(COC(=O)CCCCCCCCCCC/C=C\C/C=C\CCCCC)COC1OC(C(=O)O)C(O)C(O)C1OC(=O)CCCCCCC/C=C\CCCC. The Bertz CT molecular complexity index is 1660. The molecular weight excluding hydrogens is 973 g/mol. The lowest BCUT2D eigenvalue weighted by atomic mass is 9.98. The number of carbonyl (C=O) groups is 4. The summed E-state index contributed by atoms with van der Waals surface area (Å²) in [6.07, 6.45) is 55.5. The molecule has 1 fully saturated rings. The molecule has 6 atom stereocenters. The molecule has 1 heterocycles. The van der Waals surface area contributed by atoms with E-state index in [0.29, 0.717) is 19.3 Å². The Hall–Kier alpha value is -4.10. The Labute approximate surface area is 467 Å². The number of esters is 3. The third-order valence-corrected chi connectivity index (χ3v) is 13.4. The summed E-state index contributed by atoms with van der Waals surface area (Å²) < 4.78 is 28.4. The van der Waals surface area contributed by atoms with Crippen molar-refractivity contribution in [3.63, 3.8) is 0 Å². The van der Waals surface area contributed by atoms with Gasteiger partial charge in [-0.2, -0.15) is 0 Å². The molecule has 0 aliphatic carbocycles. The minimum Gasteiger partial charge on any atom is -0.479 e. The predicted octanol–water partition coefficient (Wildman–Crippen LogP) is 15.9. The van der Waals surface area contributed by atoms with Crippen molar-refractivity contribution in [1.29, 1.82) is 0 Å². The van der Waals surface area contributed by atoms with Gasteiger partial charge in [0.05, 0.1) is 6.61 Å². The van der Waals surface area contributed by atoms with Crippen LogP contribution in [0.25, 0.3) is 0 Å². The first-order valence-electron chi connectivity index (χ1n) is 30.6. The zero-order valence-electron chi connectivity index (χ0n) is 48.4. The number of allylic oxidation sites excluding steroid dienone is 14. The maximum Gasteiger partial charge on any atom is 0.335 e. The van der Waals surface area contributed by atoms with E-state index in [1.165, 1.54) is 70.6 Å². The number of carbonyl (C=O) groups excluding carboxylic acids is 3. The molecule has 12 heteroatoms. The Balaban J connectivity index is 2.69. The van der Waals surface area contributed by atoms with E-state index in [4.69, 9.17) is 23.7 Å². The van der Waals surface area contributed by atoms with Crippen LogP contribution in [-0.2, 0) is 42.9 Å². The summed E-state index contributed by atoms with van der Waals surface area (Å²) in [6, 6.07) is 0. The van der Waals surface area contributed by atoms with Crippen LogP contribution >= 0.6 is 0 Å². The van der Waals surface area contributed by atoms with E-state index in [9.17, 15) is 34.5 Å². The van der Waals surface area contributed by atoms with Gasteiger partial charge in [-0.15, -0.1) is 0 Å². The summed E-state index contributed by atoms with van der Waals surface area (Å²) in [5.74, 6) is -3.17. The summed E-state index contributed by atoms with van der Waals surface area (Å²) in [4.78, 5) is 51.1. The van der Waals surface area contributed by atoms with Gasteiger partial charge in [-0.05, 0) is 109 Å². The quantitative estimate of drug-likeness (QED) is 0.0228. The fourth-order valence-electron chi connectivity index (χ4n) is 8.72. The molecule has 0 aromatic heterocycles. The van der Waals surface area contributed by atoms with Crippen LogP contribution in [0.4, 0.5) is 0 Å². The van der Waals surface area contributed by atoms with Gasteiger partial charge in [0.15, 0.2) is 24.6 Å². The number of aliphatic carboxylic acids is 1. The van der Waals surface area contributed by atoms with Crippen molar-refractivity contribution in [3.8, 4) is 0 Å². The van der Waals surface area contributed by atoms with Crippen LogP contribution in [0.2, 0.25) is 0 Å². The lowest BCUT2D eigenvalue weighted by Gasteiger charge is -2.40. The van der Waals surface area contributed by atoms with Gasteiger partial charge < -0.3 is 39.0 Å². The molecule has 12 nitrogen and oxygen atoms in total. The maximum atomic E-state index is 13.2.